The molecule has 1 aromatic carbocycles. The average Bonchev–Trinajstić information content (AvgIpc) is 2.38. The van der Waals surface area contributed by atoms with Crippen molar-refractivity contribution in [2.75, 3.05) is 0 Å². The predicted octanol–water partition coefficient (Wildman–Crippen LogP) is 3.97. The Labute approximate surface area is 125 Å². The minimum absolute atomic E-state index is 0.111. The van der Waals surface area contributed by atoms with Gasteiger partial charge in [-0.25, -0.2) is 4.39 Å². The Balaban J connectivity index is 2.18. The quantitative estimate of drug-likeness (QED) is 0.926. The first kappa shape index (κ1) is 15.6. The Hall–Kier alpha value is -1.74. The second-order valence-corrected chi connectivity index (χ2v) is 6.76. The number of nitrogens with zero attached hydrogens (tertiary/aromatic N) is 1. The lowest BCUT2D eigenvalue weighted by Crippen LogP contribution is -2.25. The van der Waals surface area contributed by atoms with Gasteiger partial charge in [0.25, 0.3) is 0 Å². The minimum atomic E-state index is -1.11. The van der Waals surface area contributed by atoms with Crippen LogP contribution in [0, 0.1) is 5.82 Å². The molecular formula is C18H22FNO. The van der Waals surface area contributed by atoms with Crippen LogP contribution in [0.2, 0.25) is 0 Å². The summed E-state index contributed by atoms with van der Waals surface area (Å²) in [7, 11) is 0. The number of hydrogen-bond donors (Lipinski definition) is 1. The third-order valence-electron chi connectivity index (χ3n) is 3.65. The topological polar surface area (TPSA) is 33.1 Å². The van der Waals surface area contributed by atoms with Crippen LogP contribution in [0.3, 0.4) is 0 Å². The van der Waals surface area contributed by atoms with E-state index in [1.807, 2.05) is 12.1 Å². The van der Waals surface area contributed by atoms with E-state index in [1.54, 1.807) is 6.92 Å². The van der Waals surface area contributed by atoms with Crippen LogP contribution in [-0.2, 0) is 17.4 Å². The molecule has 0 amide bonds. The molecular weight excluding hydrogens is 265 g/mol. The fraction of sp³-hybridized carbons (Fsp3) is 0.389. The molecule has 2 rings (SSSR count). The van der Waals surface area contributed by atoms with Crippen molar-refractivity contribution >= 4 is 0 Å². The standard InChI is InChI=1S/C18H22FNO/c1-17(2,3)14-7-5-13(6-8-14)11-18(4,21)16-10-9-15(19)12-20-16/h5-10,12,21H,11H2,1-4H3. The van der Waals surface area contributed by atoms with Gasteiger partial charge in [0.15, 0.2) is 0 Å². The third-order valence-corrected chi connectivity index (χ3v) is 3.65. The lowest BCUT2D eigenvalue weighted by Gasteiger charge is -2.24. The number of pyridine rings is 1. The van der Waals surface area contributed by atoms with Crippen molar-refractivity contribution in [2.45, 2.75) is 45.1 Å². The Morgan fingerprint density at radius 3 is 2.10 bits per heavy atom. The van der Waals surface area contributed by atoms with Gasteiger partial charge >= 0.3 is 0 Å². The van der Waals surface area contributed by atoms with Crippen LogP contribution in [0.4, 0.5) is 4.39 Å². The third kappa shape index (κ3) is 3.88. The summed E-state index contributed by atoms with van der Waals surface area (Å²) in [6.07, 6.45) is 1.57. The van der Waals surface area contributed by atoms with Gasteiger partial charge in [0.2, 0.25) is 0 Å². The normalized spacial score (nSPS) is 14.8. The van der Waals surface area contributed by atoms with Crippen molar-refractivity contribution in [1.29, 1.82) is 0 Å². The van der Waals surface area contributed by atoms with Crippen LogP contribution in [-0.4, -0.2) is 10.1 Å². The van der Waals surface area contributed by atoms with Crippen molar-refractivity contribution in [3.05, 3.63) is 65.2 Å². The zero-order chi connectivity index (χ0) is 15.7. The summed E-state index contributed by atoms with van der Waals surface area (Å²) in [6, 6.07) is 11.1. The molecule has 0 saturated heterocycles. The van der Waals surface area contributed by atoms with Crippen molar-refractivity contribution in [3.8, 4) is 0 Å². The lowest BCUT2D eigenvalue weighted by atomic mass is 9.85. The highest BCUT2D eigenvalue weighted by molar-refractivity contribution is 5.29. The number of rotatable bonds is 3. The van der Waals surface area contributed by atoms with Gasteiger partial charge in [-0.1, -0.05) is 45.0 Å². The zero-order valence-corrected chi connectivity index (χ0v) is 13.0. The monoisotopic (exact) mass is 287 g/mol. The summed E-state index contributed by atoms with van der Waals surface area (Å²) in [6.45, 7) is 8.20. The molecule has 1 aromatic heterocycles. The maximum Gasteiger partial charge on any atom is 0.141 e. The van der Waals surface area contributed by atoms with Crippen molar-refractivity contribution < 1.29 is 9.50 Å². The summed E-state index contributed by atoms with van der Waals surface area (Å²) in [5.74, 6) is -0.399. The highest BCUT2D eigenvalue weighted by atomic mass is 19.1. The van der Waals surface area contributed by atoms with Crippen molar-refractivity contribution in [3.63, 3.8) is 0 Å². The molecule has 0 bridgehead atoms. The van der Waals surface area contributed by atoms with E-state index in [-0.39, 0.29) is 5.41 Å². The molecule has 0 saturated carbocycles. The fourth-order valence-corrected chi connectivity index (χ4v) is 2.31. The summed E-state index contributed by atoms with van der Waals surface area (Å²) in [4.78, 5) is 3.98. The second-order valence-electron chi connectivity index (χ2n) is 6.76. The average molecular weight is 287 g/mol. The molecule has 1 unspecified atom stereocenters. The summed E-state index contributed by atoms with van der Waals surface area (Å²) < 4.78 is 12.9. The predicted molar refractivity (Wildman–Crippen MR) is 82.6 cm³/mol. The highest BCUT2D eigenvalue weighted by Crippen LogP contribution is 2.26. The van der Waals surface area contributed by atoms with E-state index in [4.69, 9.17) is 0 Å². The van der Waals surface area contributed by atoms with Gasteiger partial charge in [-0.3, -0.25) is 4.98 Å². The molecule has 0 aliphatic heterocycles. The highest BCUT2D eigenvalue weighted by Gasteiger charge is 2.25. The van der Waals surface area contributed by atoms with E-state index in [0.717, 1.165) is 11.8 Å². The maximum absolute atomic E-state index is 12.9. The van der Waals surface area contributed by atoms with Gasteiger partial charge in [-0.05, 0) is 35.6 Å². The first-order valence-corrected chi connectivity index (χ1v) is 7.12. The van der Waals surface area contributed by atoms with E-state index >= 15 is 0 Å². The van der Waals surface area contributed by atoms with Gasteiger partial charge < -0.3 is 5.11 Å². The van der Waals surface area contributed by atoms with Crippen LogP contribution in [0.1, 0.15) is 44.5 Å². The van der Waals surface area contributed by atoms with Crippen LogP contribution >= 0.6 is 0 Å². The van der Waals surface area contributed by atoms with Gasteiger partial charge in [-0.15, -0.1) is 0 Å². The largest absolute Gasteiger partial charge is 0.383 e. The van der Waals surface area contributed by atoms with E-state index < -0.39 is 11.4 Å². The molecule has 1 atom stereocenters. The number of halogens is 1. The fourth-order valence-electron chi connectivity index (χ4n) is 2.31. The Morgan fingerprint density at radius 1 is 1.00 bits per heavy atom. The summed E-state index contributed by atoms with van der Waals surface area (Å²) in [5, 5.41) is 10.6. The van der Waals surface area contributed by atoms with Gasteiger partial charge in [0, 0.05) is 6.42 Å². The SMILES string of the molecule is CC(C)(C)c1ccc(CC(C)(O)c2ccc(F)cn2)cc1. The van der Waals surface area contributed by atoms with Crippen LogP contribution in [0.25, 0.3) is 0 Å². The Bertz CT molecular complexity index is 595. The molecule has 0 radical (unpaired) electrons. The molecule has 0 aliphatic carbocycles. The Morgan fingerprint density at radius 2 is 1.62 bits per heavy atom. The second kappa shape index (κ2) is 5.57. The maximum atomic E-state index is 12.9. The molecule has 1 heterocycles. The molecule has 21 heavy (non-hydrogen) atoms. The van der Waals surface area contributed by atoms with Crippen LogP contribution < -0.4 is 0 Å². The number of aliphatic hydroxyl groups is 1. The lowest BCUT2D eigenvalue weighted by molar-refractivity contribution is 0.0529. The van der Waals surface area contributed by atoms with Crippen LogP contribution in [0.15, 0.2) is 42.6 Å². The van der Waals surface area contributed by atoms with Gasteiger partial charge in [-0.2, -0.15) is 0 Å². The summed E-state index contributed by atoms with van der Waals surface area (Å²) >= 11 is 0. The van der Waals surface area contributed by atoms with Crippen molar-refractivity contribution in [2.24, 2.45) is 0 Å². The summed E-state index contributed by atoms with van der Waals surface area (Å²) in [5.41, 5.74) is 1.75. The van der Waals surface area contributed by atoms with Crippen molar-refractivity contribution in [1.82, 2.24) is 4.98 Å². The number of aromatic nitrogens is 1. The van der Waals surface area contributed by atoms with Gasteiger partial charge in [0.1, 0.15) is 11.4 Å². The first-order valence-electron chi connectivity index (χ1n) is 7.12. The zero-order valence-electron chi connectivity index (χ0n) is 13.0. The Kier molecular flexibility index (Phi) is 4.15. The van der Waals surface area contributed by atoms with E-state index in [0.29, 0.717) is 12.1 Å². The number of hydrogen-bond acceptors (Lipinski definition) is 2. The molecule has 2 aromatic rings. The van der Waals surface area contributed by atoms with Gasteiger partial charge in [0.05, 0.1) is 11.9 Å². The molecule has 3 heteroatoms. The molecule has 112 valence electrons. The molecule has 2 nitrogen and oxygen atoms in total. The molecule has 0 aliphatic rings. The van der Waals surface area contributed by atoms with E-state index in [1.165, 1.54) is 17.7 Å². The van der Waals surface area contributed by atoms with E-state index in [2.05, 4.69) is 37.9 Å². The smallest absolute Gasteiger partial charge is 0.141 e. The van der Waals surface area contributed by atoms with E-state index in [9.17, 15) is 9.50 Å². The molecule has 0 fully saturated rings. The molecule has 0 spiro atoms. The minimum Gasteiger partial charge on any atom is -0.383 e. The van der Waals surface area contributed by atoms with Crippen LogP contribution in [0.5, 0.6) is 0 Å². The number of benzene rings is 1. The molecule has 1 N–H and O–H groups in total. The first-order chi connectivity index (χ1) is 9.68.